The molecule has 2 aromatic carbocycles. The number of amides is 1. The molecule has 0 unspecified atom stereocenters. The quantitative estimate of drug-likeness (QED) is 0.745. The highest BCUT2D eigenvalue weighted by Crippen LogP contribution is 2.37. The lowest BCUT2D eigenvalue weighted by Crippen LogP contribution is -2.41. The Bertz CT molecular complexity index is 1050. The first-order valence-corrected chi connectivity index (χ1v) is 11.5. The monoisotopic (exact) mass is 430 g/mol. The Labute approximate surface area is 177 Å². The number of nitrogens with zero attached hydrogens (tertiary/aromatic N) is 2. The maximum atomic E-state index is 13.4. The highest BCUT2D eigenvalue weighted by molar-refractivity contribution is 7.89. The summed E-state index contributed by atoms with van der Waals surface area (Å²) in [6, 6.07) is 10.7. The second kappa shape index (κ2) is 8.37. The van der Waals surface area contributed by atoms with E-state index < -0.39 is 10.0 Å². The molecular weight excluding hydrogens is 404 g/mol. The molecule has 0 aromatic heterocycles. The Morgan fingerprint density at radius 1 is 1.10 bits per heavy atom. The molecule has 2 heterocycles. The maximum absolute atomic E-state index is 13.4. The lowest BCUT2D eigenvalue weighted by molar-refractivity contribution is 0.0730. The van der Waals surface area contributed by atoms with Crippen LogP contribution in [0.5, 0.6) is 5.75 Å². The van der Waals surface area contributed by atoms with Gasteiger partial charge >= 0.3 is 0 Å². The predicted molar refractivity (Wildman–Crippen MR) is 114 cm³/mol. The predicted octanol–water partition coefficient (Wildman–Crippen LogP) is 2.62. The van der Waals surface area contributed by atoms with Crippen LogP contribution in [0.3, 0.4) is 0 Å². The molecule has 0 radical (unpaired) electrons. The van der Waals surface area contributed by atoms with Gasteiger partial charge in [-0.3, -0.25) is 4.79 Å². The molecule has 2 aliphatic heterocycles. The number of hydrogen-bond acceptors (Lipinski definition) is 5. The standard InChI is InChI=1S/C22H26N2O5S/c1-16-8-9-18(15-20(16)30(26,27)23-11-13-29-14-12-23)22(25)24-10-4-6-17-5-3-7-19(28-2)21(17)24/h3,5,7-9,15H,4,6,10-14H2,1-2H3. The Morgan fingerprint density at radius 2 is 1.87 bits per heavy atom. The van der Waals surface area contributed by atoms with Crippen LogP contribution in [0.2, 0.25) is 0 Å². The number of ether oxygens (including phenoxy) is 2. The second-order valence-corrected chi connectivity index (χ2v) is 9.43. The fraction of sp³-hybridized carbons (Fsp3) is 0.409. The zero-order chi connectivity index (χ0) is 21.3. The molecule has 0 bridgehead atoms. The molecule has 0 aliphatic carbocycles. The van der Waals surface area contributed by atoms with Crippen LogP contribution in [0.1, 0.15) is 27.9 Å². The topological polar surface area (TPSA) is 76.2 Å². The number of para-hydroxylation sites is 1. The SMILES string of the molecule is COc1cccc2c1N(C(=O)c1ccc(C)c(S(=O)(=O)N3CCOCC3)c1)CCC2. The van der Waals surface area contributed by atoms with E-state index in [1.54, 1.807) is 31.1 Å². The number of fused-ring (bicyclic) bond motifs is 1. The molecule has 160 valence electrons. The van der Waals surface area contributed by atoms with Crippen molar-refractivity contribution in [3.63, 3.8) is 0 Å². The largest absolute Gasteiger partial charge is 0.495 e. The molecule has 1 amide bonds. The fourth-order valence-corrected chi connectivity index (χ4v) is 5.73. The number of aryl methyl sites for hydroxylation is 2. The maximum Gasteiger partial charge on any atom is 0.258 e. The van der Waals surface area contributed by atoms with Crippen molar-refractivity contribution in [1.29, 1.82) is 0 Å². The Morgan fingerprint density at radius 3 is 2.60 bits per heavy atom. The first-order chi connectivity index (χ1) is 14.4. The van der Waals surface area contributed by atoms with Crippen LogP contribution in [0.25, 0.3) is 0 Å². The molecule has 30 heavy (non-hydrogen) atoms. The third-order valence-corrected chi connectivity index (χ3v) is 7.71. The summed E-state index contributed by atoms with van der Waals surface area (Å²) in [5, 5.41) is 0. The normalized spacial score (nSPS) is 17.5. The van der Waals surface area contributed by atoms with Gasteiger partial charge in [0.15, 0.2) is 0 Å². The van der Waals surface area contributed by atoms with E-state index in [0.29, 0.717) is 49.7 Å². The van der Waals surface area contributed by atoms with Crippen LogP contribution in [0.15, 0.2) is 41.3 Å². The third kappa shape index (κ3) is 3.71. The zero-order valence-electron chi connectivity index (χ0n) is 17.3. The number of rotatable bonds is 4. The Hall–Kier alpha value is -2.42. The van der Waals surface area contributed by atoms with E-state index in [-0.39, 0.29) is 10.8 Å². The minimum atomic E-state index is -3.69. The number of methoxy groups -OCH3 is 1. The van der Waals surface area contributed by atoms with Gasteiger partial charge in [0.05, 0.1) is 30.9 Å². The Balaban J connectivity index is 1.72. The average Bonchev–Trinajstić information content (AvgIpc) is 2.78. The summed E-state index contributed by atoms with van der Waals surface area (Å²) in [6.45, 7) is 3.70. The smallest absolute Gasteiger partial charge is 0.258 e. The van der Waals surface area contributed by atoms with E-state index in [9.17, 15) is 13.2 Å². The molecule has 4 rings (SSSR count). The van der Waals surface area contributed by atoms with Crippen molar-refractivity contribution >= 4 is 21.6 Å². The lowest BCUT2D eigenvalue weighted by Gasteiger charge is -2.31. The van der Waals surface area contributed by atoms with E-state index in [2.05, 4.69) is 0 Å². The molecule has 2 aromatic rings. The van der Waals surface area contributed by atoms with Crippen LogP contribution in [0.4, 0.5) is 5.69 Å². The first kappa shape index (κ1) is 20.8. The van der Waals surface area contributed by atoms with Crippen LogP contribution in [-0.2, 0) is 21.2 Å². The van der Waals surface area contributed by atoms with Crippen LogP contribution >= 0.6 is 0 Å². The van der Waals surface area contributed by atoms with Gasteiger partial charge in [0.25, 0.3) is 5.91 Å². The average molecular weight is 431 g/mol. The summed E-state index contributed by atoms with van der Waals surface area (Å²) in [5.41, 5.74) is 2.80. The molecule has 1 saturated heterocycles. The molecule has 0 saturated carbocycles. The minimum Gasteiger partial charge on any atom is -0.495 e. The molecule has 7 nitrogen and oxygen atoms in total. The summed E-state index contributed by atoms with van der Waals surface area (Å²) < 4.78 is 38.6. The van der Waals surface area contributed by atoms with E-state index >= 15 is 0 Å². The van der Waals surface area contributed by atoms with Gasteiger partial charge in [0, 0.05) is 25.2 Å². The number of benzene rings is 2. The van der Waals surface area contributed by atoms with Gasteiger partial charge in [-0.15, -0.1) is 0 Å². The fourth-order valence-electron chi connectivity index (χ4n) is 4.08. The molecule has 0 spiro atoms. The van der Waals surface area contributed by atoms with Crippen LogP contribution in [0, 0.1) is 6.92 Å². The van der Waals surface area contributed by atoms with Gasteiger partial charge in [-0.05, 0) is 49.1 Å². The first-order valence-electron chi connectivity index (χ1n) is 10.1. The number of anilines is 1. The molecule has 1 fully saturated rings. The molecule has 0 N–H and O–H groups in total. The number of carbonyl (C=O) groups excluding carboxylic acids is 1. The third-order valence-electron chi connectivity index (χ3n) is 5.67. The van der Waals surface area contributed by atoms with Gasteiger partial charge < -0.3 is 14.4 Å². The number of hydrogen-bond donors (Lipinski definition) is 0. The molecule has 0 atom stereocenters. The van der Waals surface area contributed by atoms with Gasteiger partial charge in [-0.1, -0.05) is 18.2 Å². The van der Waals surface area contributed by atoms with Gasteiger partial charge in [-0.25, -0.2) is 8.42 Å². The van der Waals surface area contributed by atoms with Crippen LogP contribution in [-0.4, -0.2) is 58.6 Å². The Kier molecular flexibility index (Phi) is 5.81. The van der Waals surface area contributed by atoms with E-state index in [1.165, 1.54) is 10.4 Å². The van der Waals surface area contributed by atoms with E-state index in [1.807, 2.05) is 18.2 Å². The van der Waals surface area contributed by atoms with E-state index in [4.69, 9.17) is 9.47 Å². The molecule has 2 aliphatic rings. The van der Waals surface area contributed by atoms with Crippen molar-refractivity contribution < 1.29 is 22.7 Å². The highest BCUT2D eigenvalue weighted by atomic mass is 32.2. The van der Waals surface area contributed by atoms with Gasteiger partial charge in [-0.2, -0.15) is 4.31 Å². The molecule has 8 heteroatoms. The van der Waals surface area contributed by atoms with Crippen molar-refractivity contribution in [2.75, 3.05) is 44.9 Å². The number of sulfonamides is 1. The number of morpholine rings is 1. The zero-order valence-corrected chi connectivity index (χ0v) is 18.1. The minimum absolute atomic E-state index is 0.174. The summed E-state index contributed by atoms with van der Waals surface area (Å²) >= 11 is 0. The lowest BCUT2D eigenvalue weighted by atomic mass is 9.99. The summed E-state index contributed by atoms with van der Waals surface area (Å²) in [6.07, 6.45) is 1.72. The van der Waals surface area contributed by atoms with Crippen molar-refractivity contribution in [1.82, 2.24) is 4.31 Å². The van der Waals surface area contributed by atoms with Crippen LogP contribution < -0.4 is 9.64 Å². The van der Waals surface area contributed by atoms with Crippen molar-refractivity contribution in [3.8, 4) is 5.75 Å². The molecular formula is C22H26N2O5S. The number of carbonyl (C=O) groups is 1. The van der Waals surface area contributed by atoms with E-state index in [0.717, 1.165) is 24.1 Å². The van der Waals surface area contributed by atoms with Crippen molar-refractivity contribution in [2.24, 2.45) is 0 Å². The van der Waals surface area contributed by atoms with Crippen molar-refractivity contribution in [3.05, 3.63) is 53.1 Å². The van der Waals surface area contributed by atoms with Gasteiger partial charge in [0.2, 0.25) is 10.0 Å². The van der Waals surface area contributed by atoms with Crippen molar-refractivity contribution in [2.45, 2.75) is 24.7 Å². The summed E-state index contributed by atoms with van der Waals surface area (Å²) in [7, 11) is -2.11. The second-order valence-electron chi connectivity index (χ2n) is 7.53. The summed E-state index contributed by atoms with van der Waals surface area (Å²) in [4.78, 5) is 15.3. The summed E-state index contributed by atoms with van der Waals surface area (Å²) in [5.74, 6) is 0.424. The highest BCUT2D eigenvalue weighted by Gasteiger charge is 2.31. The van der Waals surface area contributed by atoms with Gasteiger partial charge in [0.1, 0.15) is 5.75 Å².